The predicted molar refractivity (Wildman–Crippen MR) is 62.1 cm³/mol. The molecule has 2 fully saturated rings. The van der Waals surface area contributed by atoms with Crippen LogP contribution in [-0.4, -0.2) is 48.4 Å². The van der Waals surface area contributed by atoms with Gasteiger partial charge in [-0.3, -0.25) is 4.79 Å². The molecule has 2 aliphatic rings. The SMILES string of the molecule is CC1COCCC1NC(=O)[C@@H]1CC[C@H](C(=O)O)O1. The van der Waals surface area contributed by atoms with Crippen molar-refractivity contribution in [3.63, 3.8) is 0 Å². The number of hydrogen-bond donors (Lipinski definition) is 2. The van der Waals surface area contributed by atoms with Crippen molar-refractivity contribution in [2.45, 2.75) is 44.4 Å². The van der Waals surface area contributed by atoms with Gasteiger partial charge in [-0.1, -0.05) is 6.92 Å². The molecular weight excluding hydrogens is 238 g/mol. The quantitative estimate of drug-likeness (QED) is 0.752. The van der Waals surface area contributed by atoms with Crippen LogP contribution in [0.15, 0.2) is 0 Å². The Bertz CT molecular complexity index is 332. The summed E-state index contributed by atoms with van der Waals surface area (Å²) in [7, 11) is 0. The van der Waals surface area contributed by atoms with Gasteiger partial charge >= 0.3 is 5.97 Å². The summed E-state index contributed by atoms with van der Waals surface area (Å²) < 4.78 is 10.5. The number of carboxylic acids is 1. The van der Waals surface area contributed by atoms with Crippen molar-refractivity contribution in [3.05, 3.63) is 0 Å². The Morgan fingerprint density at radius 1 is 1.22 bits per heavy atom. The van der Waals surface area contributed by atoms with Gasteiger partial charge in [0, 0.05) is 12.6 Å². The lowest BCUT2D eigenvalue weighted by atomic mass is 9.97. The van der Waals surface area contributed by atoms with Crippen LogP contribution in [0, 0.1) is 5.92 Å². The van der Waals surface area contributed by atoms with Crippen LogP contribution >= 0.6 is 0 Å². The summed E-state index contributed by atoms with van der Waals surface area (Å²) in [5, 5.41) is 11.7. The third kappa shape index (κ3) is 3.00. The molecule has 1 amide bonds. The van der Waals surface area contributed by atoms with Crippen molar-refractivity contribution in [1.82, 2.24) is 5.32 Å². The van der Waals surface area contributed by atoms with Crippen LogP contribution in [-0.2, 0) is 19.1 Å². The zero-order valence-corrected chi connectivity index (χ0v) is 10.4. The lowest BCUT2D eigenvalue weighted by Crippen LogP contribution is -2.48. The van der Waals surface area contributed by atoms with Gasteiger partial charge in [-0.15, -0.1) is 0 Å². The van der Waals surface area contributed by atoms with Crippen molar-refractivity contribution in [1.29, 1.82) is 0 Å². The minimum Gasteiger partial charge on any atom is -0.479 e. The van der Waals surface area contributed by atoms with Crippen LogP contribution in [0.3, 0.4) is 0 Å². The van der Waals surface area contributed by atoms with Gasteiger partial charge < -0.3 is 19.9 Å². The summed E-state index contributed by atoms with van der Waals surface area (Å²) >= 11 is 0. The fourth-order valence-corrected chi connectivity index (χ4v) is 2.38. The van der Waals surface area contributed by atoms with Crippen molar-refractivity contribution < 1.29 is 24.2 Å². The molecule has 0 bridgehead atoms. The van der Waals surface area contributed by atoms with Crippen LogP contribution in [0.4, 0.5) is 0 Å². The lowest BCUT2D eigenvalue weighted by molar-refractivity contribution is -0.152. The van der Waals surface area contributed by atoms with E-state index in [9.17, 15) is 9.59 Å². The maximum atomic E-state index is 12.0. The molecule has 0 saturated carbocycles. The Kier molecular flexibility index (Phi) is 4.19. The van der Waals surface area contributed by atoms with E-state index in [0.29, 0.717) is 26.1 Å². The van der Waals surface area contributed by atoms with Crippen molar-refractivity contribution in [2.24, 2.45) is 5.92 Å². The first-order valence-corrected chi connectivity index (χ1v) is 6.34. The lowest BCUT2D eigenvalue weighted by Gasteiger charge is -2.30. The largest absolute Gasteiger partial charge is 0.479 e. The van der Waals surface area contributed by atoms with E-state index in [1.165, 1.54) is 0 Å². The van der Waals surface area contributed by atoms with Crippen LogP contribution in [0.25, 0.3) is 0 Å². The normalized spacial score (nSPS) is 36.3. The number of carbonyl (C=O) groups is 2. The van der Waals surface area contributed by atoms with E-state index in [-0.39, 0.29) is 17.9 Å². The molecule has 2 N–H and O–H groups in total. The minimum atomic E-state index is -0.996. The first kappa shape index (κ1) is 13.3. The molecule has 0 aromatic carbocycles. The summed E-state index contributed by atoms with van der Waals surface area (Å²) in [4.78, 5) is 22.7. The van der Waals surface area contributed by atoms with Crippen molar-refractivity contribution >= 4 is 11.9 Å². The average molecular weight is 257 g/mol. The highest BCUT2D eigenvalue weighted by Crippen LogP contribution is 2.21. The Labute approximate surface area is 106 Å². The summed E-state index contributed by atoms with van der Waals surface area (Å²) in [6.07, 6.45) is 0.202. The molecule has 0 spiro atoms. The van der Waals surface area contributed by atoms with Gasteiger partial charge in [0.1, 0.15) is 6.10 Å². The number of carbonyl (C=O) groups excluding carboxylic acids is 1. The number of carboxylic acid groups (broad SMARTS) is 1. The van der Waals surface area contributed by atoms with E-state index >= 15 is 0 Å². The predicted octanol–water partition coefficient (Wildman–Crippen LogP) is 0.160. The molecule has 0 aromatic rings. The smallest absolute Gasteiger partial charge is 0.332 e. The second kappa shape index (κ2) is 5.67. The third-order valence-electron chi connectivity index (χ3n) is 3.56. The Hall–Kier alpha value is -1.14. The summed E-state index contributed by atoms with van der Waals surface area (Å²) in [6.45, 7) is 3.33. The molecule has 0 aliphatic carbocycles. The maximum Gasteiger partial charge on any atom is 0.332 e. The summed E-state index contributed by atoms with van der Waals surface area (Å²) in [5.41, 5.74) is 0. The number of aliphatic carboxylic acids is 1. The fourth-order valence-electron chi connectivity index (χ4n) is 2.38. The number of nitrogens with one attached hydrogen (secondary N) is 1. The Morgan fingerprint density at radius 2 is 1.94 bits per heavy atom. The highest BCUT2D eigenvalue weighted by atomic mass is 16.5. The van der Waals surface area contributed by atoms with Gasteiger partial charge in [-0.05, 0) is 25.2 Å². The number of hydrogen-bond acceptors (Lipinski definition) is 4. The van der Waals surface area contributed by atoms with E-state index in [2.05, 4.69) is 5.32 Å². The third-order valence-corrected chi connectivity index (χ3v) is 3.56. The zero-order chi connectivity index (χ0) is 13.1. The van der Waals surface area contributed by atoms with Gasteiger partial charge in [0.25, 0.3) is 0 Å². The van der Waals surface area contributed by atoms with Gasteiger partial charge in [0.05, 0.1) is 6.61 Å². The number of amides is 1. The fraction of sp³-hybridized carbons (Fsp3) is 0.833. The maximum absolute atomic E-state index is 12.0. The molecule has 2 rings (SSSR count). The standard InChI is InChI=1S/C12H19NO5/c1-7-6-17-5-4-8(7)13-11(14)9-2-3-10(18-9)12(15)16/h7-10H,2-6H2,1H3,(H,13,14)(H,15,16)/t7?,8?,9-,10+/m0/s1. The van der Waals surface area contributed by atoms with Gasteiger partial charge in [0.2, 0.25) is 5.91 Å². The van der Waals surface area contributed by atoms with Crippen LogP contribution in [0.5, 0.6) is 0 Å². The minimum absolute atomic E-state index is 0.0960. The van der Waals surface area contributed by atoms with E-state index in [4.69, 9.17) is 14.6 Å². The molecule has 102 valence electrons. The van der Waals surface area contributed by atoms with Gasteiger partial charge in [-0.25, -0.2) is 4.79 Å². The van der Waals surface area contributed by atoms with E-state index in [1.54, 1.807) is 0 Å². The molecule has 6 nitrogen and oxygen atoms in total. The second-order valence-electron chi connectivity index (χ2n) is 4.98. The molecule has 0 radical (unpaired) electrons. The van der Waals surface area contributed by atoms with Crippen molar-refractivity contribution in [2.75, 3.05) is 13.2 Å². The van der Waals surface area contributed by atoms with Crippen molar-refractivity contribution in [3.8, 4) is 0 Å². The monoisotopic (exact) mass is 257 g/mol. The van der Waals surface area contributed by atoms with Crippen LogP contribution < -0.4 is 5.32 Å². The van der Waals surface area contributed by atoms with E-state index in [1.807, 2.05) is 6.92 Å². The molecule has 2 saturated heterocycles. The molecule has 2 aliphatic heterocycles. The molecule has 6 heteroatoms. The molecular formula is C12H19NO5. The molecule has 4 atom stereocenters. The summed E-state index contributed by atoms with van der Waals surface area (Å²) in [5.74, 6) is -0.915. The first-order chi connectivity index (χ1) is 8.58. The first-order valence-electron chi connectivity index (χ1n) is 6.34. The second-order valence-corrected chi connectivity index (χ2v) is 4.98. The molecule has 2 heterocycles. The molecule has 2 unspecified atom stereocenters. The molecule has 0 aromatic heterocycles. The van der Waals surface area contributed by atoms with E-state index < -0.39 is 18.2 Å². The molecule has 18 heavy (non-hydrogen) atoms. The van der Waals surface area contributed by atoms with Crippen LogP contribution in [0.2, 0.25) is 0 Å². The van der Waals surface area contributed by atoms with Crippen LogP contribution in [0.1, 0.15) is 26.2 Å². The highest BCUT2D eigenvalue weighted by molar-refractivity contribution is 5.82. The van der Waals surface area contributed by atoms with Gasteiger partial charge in [0.15, 0.2) is 6.10 Å². The Balaban J connectivity index is 1.83. The highest BCUT2D eigenvalue weighted by Gasteiger charge is 2.36. The zero-order valence-electron chi connectivity index (χ0n) is 10.4. The topological polar surface area (TPSA) is 84.9 Å². The number of rotatable bonds is 3. The summed E-state index contributed by atoms with van der Waals surface area (Å²) in [6, 6.07) is 0.0960. The number of ether oxygens (including phenoxy) is 2. The van der Waals surface area contributed by atoms with Gasteiger partial charge in [-0.2, -0.15) is 0 Å². The Morgan fingerprint density at radius 3 is 2.56 bits per heavy atom. The van der Waals surface area contributed by atoms with E-state index in [0.717, 1.165) is 6.42 Å². The average Bonchev–Trinajstić information content (AvgIpc) is 2.81.